The minimum absolute atomic E-state index is 0.143. The van der Waals surface area contributed by atoms with Gasteiger partial charge < -0.3 is 15.5 Å². The van der Waals surface area contributed by atoms with Crippen LogP contribution in [0.15, 0.2) is 30.3 Å². The molecule has 0 spiro atoms. The summed E-state index contributed by atoms with van der Waals surface area (Å²) in [6, 6.07) is 9.62. The molecular formula is C19H23N7O. The van der Waals surface area contributed by atoms with Gasteiger partial charge >= 0.3 is 0 Å². The highest BCUT2D eigenvalue weighted by molar-refractivity contribution is 5.97. The molecule has 1 aromatic carbocycles. The quantitative estimate of drug-likeness (QED) is 0.656. The van der Waals surface area contributed by atoms with Crippen molar-refractivity contribution in [3.8, 4) is 0 Å². The molecule has 3 N–H and O–H groups in total. The van der Waals surface area contributed by atoms with Crippen molar-refractivity contribution in [2.24, 2.45) is 0 Å². The van der Waals surface area contributed by atoms with Gasteiger partial charge in [-0.05, 0) is 18.1 Å². The van der Waals surface area contributed by atoms with E-state index < -0.39 is 0 Å². The Balaban J connectivity index is 1.70. The van der Waals surface area contributed by atoms with Gasteiger partial charge in [-0.2, -0.15) is 5.10 Å². The van der Waals surface area contributed by atoms with Gasteiger partial charge in [0.2, 0.25) is 5.82 Å². The molecule has 8 nitrogen and oxygen atoms in total. The number of piperazine rings is 1. The second-order valence-corrected chi connectivity index (χ2v) is 6.94. The molecule has 1 fully saturated rings. The van der Waals surface area contributed by atoms with Gasteiger partial charge in [-0.25, -0.2) is 9.97 Å². The summed E-state index contributed by atoms with van der Waals surface area (Å²) in [7, 11) is 0. The van der Waals surface area contributed by atoms with Crippen LogP contribution in [0.4, 0.5) is 11.6 Å². The standard InChI is InChI=1S/C19H23N7O/c1-12(2)15-11-16(25-24-15)22-17-13-5-3-4-6-14(13)21-18(23-17)19(27)26-9-7-20-8-10-26/h3-6,11-12,20H,7-10H2,1-2H3,(H2,21,22,23,24,25). The Labute approximate surface area is 157 Å². The Kier molecular flexibility index (Phi) is 4.72. The first kappa shape index (κ1) is 17.4. The van der Waals surface area contributed by atoms with E-state index in [-0.39, 0.29) is 11.7 Å². The molecule has 0 bridgehead atoms. The van der Waals surface area contributed by atoms with Crippen molar-refractivity contribution in [1.82, 2.24) is 30.4 Å². The summed E-state index contributed by atoms with van der Waals surface area (Å²) in [5, 5.41) is 14.7. The molecule has 0 radical (unpaired) electrons. The van der Waals surface area contributed by atoms with Gasteiger partial charge in [0.25, 0.3) is 5.91 Å². The van der Waals surface area contributed by atoms with Crippen molar-refractivity contribution in [2.45, 2.75) is 19.8 Å². The summed E-state index contributed by atoms with van der Waals surface area (Å²) in [4.78, 5) is 23.7. The molecule has 0 unspecified atom stereocenters. The SMILES string of the molecule is CC(C)c1cc(Nc2nc(C(=O)N3CCNCC3)nc3ccccc23)n[nH]1. The summed E-state index contributed by atoms with van der Waals surface area (Å²) in [6.45, 7) is 7.10. The predicted molar refractivity (Wildman–Crippen MR) is 104 cm³/mol. The van der Waals surface area contributed by atoms with Crippen molar-refractivity contribution in [2.75, 3.05) is 31.5 Å². The number of aromatic nitrogens is 4. The Hall–Kier alpha value is -3.00. The number of hydrogen-bond donors (Lipinski definition) is 3. The Morgan fingerprint density at radius 1 is 1.19 bits per heavy atom. The third-order valence-electron chi connectivity index (χ3n) is 4.66. The monoisotopic (exact) mass is 365 g/mol. The number of carbonyl (C=O) groups is 1. The fourth-order valence-corrected chi connectivity index (χ4v) is 3.09. The number of H-pyrrole nitrogens is 1. The van der Waals surface area contributed by atoms with Crippen molar-refractivity contribution in [3.05, 3.63) is 41.9 Å². The van der Waals surface area contributed by atoms with E-state index in [1.165, 1.54) is 0 Å². The maximum atomic E-state index is 12.9. The lowest BCUT2D eigenvalue weighted by molar-refractivity contribution is 0.0724. The maximum Gasteiger partial charge on any atom is 0.291 e. The molecule has 1 aliphatic heterocycles. The third-order valence-corrected chi connectivity index (χ3v) is 4.66. The number of rotatable bonds is 4. The molecule has 0 atom stereocenters. The summed E-state index contributed by atoms with van der Waals surface area (Å²) >= 11 is 0. The smallest absolute Gasteiger partial charge is 0.291 e. The van der Waals surface area contributed by atoms with Crippen LogP contribution >= 0.6 is 0 Å². The van der Waals surface area contributed by atoms with Crippen molar-refractivity contribution in [1.29, 1.82) is 0 Å². The lowest BCUT2D eigenvalue weighted by Gasteiger charge is -2.26. The number of hydrogen-bond acceptors (Lipinski definition) is 6. The van der Waals surface area contributed by atoms with Crippen LogP contribution in [0.1, 0.15) is 36.1 Å². The highest BCUT2D eigenvalue weighted by Crippen LogP contribution is 2.25. The van der Waals surface area contributed by atoms with Gasteiger partial charge in [0.05, 0.1) is 5.52 Å². The lowest BCUT2D eigenvalue weighted by atomic mass is 10.1. The first-order chi connectivity index (χ1) is 13.1. The number of benzene rings is 1. The van der Waals surface area contributed by atoms with Crippen LogP contribution in [0, 0.1) is 0 Å². The number of fused-ring (bicyclic) bond motifs is 1. The fourth-order valence-electron chi connectivity index (χ4n) is 3.09. The van der Waals surface area contributed by atoms with E-state index in [2.05, 4.69) is 44.6 Å². The molecule has 8 heteroatoms. The normalized spacial score (nSPS) is 14.7. The lowest BCUT2D eigenvalue weighted by Crippen LogP contribution is -2.46. The first-order valence-electron chi connectivity index (χ1n) is 9.21. The summed E-state index contributed by atoms with van der Waals surface area (Å²) < 4.78 is 0. The Morgan fingerprint density at radius 2 is 1.96 bits per heavy atom. The number of amides is 1. The van der Waals surface area contributed by atoms with E-state index in [9.17, 15) is 4.79 Å². The third kappa shape index (κ3) is 3.61. The highest BCUT2D eigenvalue weighted by Gasteiger charge is 2.22. The van der Waals surface area contributed by atoms with Crippen LogP contribution < -0.4 is 10.6 Å². The van der Waals surface area contributed by atoms with E-state index >= 15 is 0 Å². The number of para-hydroxylation sites is 1. The molecule has 3 aromatic rings. The first-order valence-corrected chi connectivity index (χ1v) is 9.21. The molecule has 1 amide bonds. The minimum Gasteiger partial charge on any atom is -0.333 e. The van der Waals surface area contributed by atoms with Gasteiger partial charge in [-0.15, -0.1) is 0 Å². The second kappa shape index (κ2) is 7.32. The van der Waals surface area contributed by atoms with E-state index in [0.29, 0.717) is 30.6 Å². The Bertz CT molecular complexity index is 960. The summed E-state index contributed by atoms with van der Waals surface area (Å²) in [5.74, 6) is 1.66. The molecular weight excluding hydrogens is 342 g/mol. The van der Waals surface area contributed by atoms with Gasteiger partial charge in [-0.3, -0.25) is 9.89 Å². The largest absolute Gasteiger partial charge is 0.333 e. The minimum atomic E-state index is -0.143. The van der Waals surface area contributed by atoms with Gasteiger partial charge in [-0.1, -0.05) is 26.0 Å². The topological polar surface area (TPSA) is 98.8 Å². The van der Waals surface area contributed by atoms with Crippen molar-refractivity contribution >= 4 is 28.4 Å². The van der Waals surface area contributed by atoms with Crippen LogP contribution in [0.2, 0.25) is 0 Å². The van der Waals surface area contributed by atoms with Crippen LogP contribution in [0.25, 0.3) is 10.9 Å². The molecule has 4 rings (SSSR count). The number of aromatic amines is 1. The average Bonchev–Trinajstić information content (AvgIpc) is 3.17. The van der Waals surface area contributed by atoms with Crippen molar-refractivity contribution < 1.29 is 4.79 Å². The summed E-state index contributed by atoms with van der Waals surface area (Å²) in [5.41, 5.74) is 1.76. The molecule has 0 aliphatic carbocycles. The van der Waals surface area contributed by atoms with E-state index in [1.807, 2.05) is 30.3 Å². The Morgan fingerprint density at radius 3 is 2.70 bits per heavy atom. The molecule has 0 saturated carbocycles. The van der Waals surface area contributed by atoms with Crippen LogP contribution in [-0.2, 0) is 0 Å². The molecule has 140 valence electrons. The highest BCUT2D eigenvalue weighted by atomic mass is 16.2. The molecule has 1 saturated heterocycles. The number of carbonyl (C=O) groups excluding carboxylic acids is 1. The molecule has 2 aromatic heterocycles. The number of nitrogens with zero attached hydrogens (tertiary/aromatic N) is 4. The number of nitrogens with one attached hydrogen (secondary N) is 3. The molecule has 1 aliphatic rings. The van der Waals surface area contributed by atoms with Crippen LogP contribution in [-0.4, -0.2) is 57.2 Å². The number of anilines is 2. The average molecular weight is 365 g/mol. The zero-order valence-corrected chi connectivity index (χ0v) is 15.5. The van der Waals surface area contributed by atoms with E-state index in [0.717, 1.165) is 29.7 Å². The maximum absolute atomic E-state index is 12.9. The van der Waals surface area contributed by atoms with Gasteiger partial charge in [0.1, 0.15) is 5.82 Å². The van der Waals surface area contributed by atoms with Gasteiger partial charge in [0, 0.05) is 43.3 Å². The zero-order chi connectivity index (χ0) is 18.8. The van der Waals surface area contributed by atoms with Gasteiger partial charge in [0.15, 0.2) is 5.82 Å². The predicted octanol–water partition coefficient (Wildman–Crippen LogP) is 2.27. The molecule has 27 heavy (non-hydrogen) atoms. The van der Waals surface area contributed by atoms with Crippen molar-refractivity contribution in [3.63, 3.8) is 0 Å². The van der Waals surface area contributed by atoms with E-state index in [1.54, 1.807) is 4.90 Å². The van der Waals surface area contributed by atoms with Crippen LogP contribution in [0.3, 0.4) is 0 Å². The van der Waals surface area contributed by atoms with E-state index in [4.69, 9.17) is 0 Å². The fraction of sp³-hybridized carbons (Fsp3) is 0.368. The molecule has 3 heterocycles. The van der Waals surface area contributed by atoms with Crippen LogP contribution in [0.5, 0.6) is 0 Å². The summed E-state index contributed by atoms with van der Waals surface area (Å²) in [6.07, 6.45) is 0. The zero-order valence-electron chi connectivity index (χ0n) is 15.5. The second-order valence-electron chi connectivity index (χ2n) is 6.94.